The van der Waals surface area contributed by atoms with Gasteiger partial charge in [-0.1, -0.05) is 12.1 Å². The number of aromatic nitrogens is 2. The highest BCUT2D eigenvalue weighted by atomic mass is 16.5. The van der Waals surface area contributed by atoms with E-state index >= 15 is 0 Å². The van der Waals surface area contributed by atoms with Gasteiger partial charge < -0.3 is 40.2 Å². The predicted molar refractivity (Wildman–Crippen MR) is 189 cm³/mol. The van der Waals surface area contributed by atoms with Crippen LogP contribution < -0.4 is 25.4 Å². The van der Waals surface area contributed by atoms with Crippen molar-refractivity contribution in [3.63, 3.8) is 0 Å². The van der Waals surface area contributed by atoms with Crippen LogP contribution in [-0.2, 0) is 11.3 Å². The van der Waals surface area contributed by atoms with Gasteiger partial charge >= 0.3 is 0 Å². The Hall–Kier alpha value is -4.94. The van der Waals surface area contributed by atoms with E-state index in [2.05, 4.69) is 20.2 Å². The number of carbonyl (C=O) groups is 3. The molecule has 12 nitrogen and oxygen atoms in total. The molecule has 1 aromatic heterocycles. The molecule has 0 unspecified atom stereocenters. The summed E-state index contributed by atoms with van der Waals surface area (Å²) in [5.41, 5.74) is 9.76. The van der Waals surface area contributed by atoms with Gasteiger partial charge in [0.25, 0.3) is 11.8 Å². The Morgan fingerprint density at radius 3 is 2.46 bits per heavy atom. The molecule has 0 bridgehead atoms. The number of benzene rings is 3. The highest BCUT2D eigenvalue weighted by Crippen LogP contribution is 2.32. The number of methoxy groups -OCH3 is 1. The molecule has 0 atom stereocenters. The Morgan fingerprint density at radius 2 is 1.73 bits per heavy atom. The molecular formula is C36H47N7O5. The van der Waals surface area contributed by atoms with Crippen LogP contribution >= 0.6 is 0 Å². The lowest BCUT2D eigenvalue weighted by Gasteiger charge is -2.22. The number of H-pyrrole nitrogens is 1. The molecule has 1 heterocycles. The van der Waals surface area contributed by atoms with E-state index < -0.39 is 0 Å². The Bertz CT molecular complexity index is 1740. The monoisotopic (exact) mass is 657 g/mol. The highest BCUT2D eigenvalue weighted by Gasteiger charge is 2.21. The lowest BCUT2D eigenvalue weighted by molar-refractivity contribution is -0.130. The molecule has 3 amide bonds. The average molecular weight is 658 g/mol. The summed E-state index contributed by atoms with van der Waals surface area (Å²) >= 11 is 0. The zero-order valence-electron chi connectivity index (χ0n) is 28.8. The quantitative estimate of drug-likeness (QED) is 0.145. The minimum absolute atomic E-state index is 0.152. The average Bonchev–Trinajstić information content (AvgIpc) is 3.52. The van der Waals surface area contributed by atoms with Gasteiger partial charge in [-0.05, 0) is 88.3 Å². The number of nitrogens with two attached hydrogens (primary N) is 1. The summed E-state index contributed by atoms with van der Waals surface area (Å²) in [6.07, 6.45) is 2.95. The van der Waals surface area contributed by atoms with Crippen molar-refractivity contribution in [2.45, 2.75) is 39.2 Å². The van der Waals surface area contributed by atoms with Crippen LogP contribution in [-0.4, -0.2) is 92.5 Å². The Labute approximate surface area is 282 Å². The predicted octanol–water partition coefficient (Wildman–Crippen LogP) is 4.83. The minimum Gasteiger partial charge on any atom is -0.495 e. The van der Waals surface area contributed by atoms with E-state index in [1.54, 1.807) is 42.3 Å². The molecule has 4 aromatic rings. The fourth-order valence-corrected chi connectivity index (χ4v) is 5.20. The van der Waals surface area contributed by atoms with E-state index in [-0.39, 0.29) is 24.3 Å². The van der Waals surface area contributed by atoms with Crippen molar-refractivity contribution >= 4 is 40.1 Å². The number of aryl methyl sites for hydroxylation is 1. The number of imidazole rings is 1. The second-order valence-electron chi connectivity index (χ2n) is 12.1. The molecule has 0 saturated heterocycles. The van der Waals surface area contributed by atoms with Crippen LogP contribution in [0, 0.1) is 6.92 Å². The molecule has 0 aliphatic carbocycles. The summed E-state index contributed by atoms with van der Waals surface area (Å²) < 4.78 is 11.7. The SMILES string of the molecule is COc1cc(C(=O)N(C)c2ccc(C)cc2OCCCCCC(=O)N(C)CCN(C)C)ccc1NC(=O)c1cccc2[nH]c(CN)nc12. The van der Waals surface area contributed by atoms with Crippen LogP contribution in [0.5, 0.6) is 11.5 Å². The van der Waals surface area contributed by atoms with Crippen LogP contribution in [0.25, 0.3) is 11.0 Å². The normalized spacial score (nSPS) is 11.1. The van der Waals surface area contributed by atoms with Crippen molar-refractivity contribution in [3.05, 3.63) is 77.1 Å². The number of rotatable bonds is 16. The lowest BCUT2D eigenvalue weighted by atomic mass is 10.1. The number of likely N-dealkylation sites (N-methyl/N-ethyl adjacent to an activating group) is 2. The largest absolute Gasteiger partial charge is 0.495 e. The summed E-state index contributed by atoms with van der Waals surface area (Å²) in [6.45, 7) is 4.21. The molecule has 0 aliphatic rings. The summed E-state index contributed by atoms with van der Waals surface area (Å²) in [5, 5.41) is 2.88. The van der Waals surface area contributed by atoms with Gasteiger partial charge in [0, 0.05) is 39.2 Å². The molecule has 12 heteroatoms. The third kappa shape index (κ3) is 9.11. The zero-order chi connectivity index (χ0) is 34.8. The molecule has 0 spiro atoms. The number of unbranched alkanes of at least 4 members (excludes halogenated alkanes) is 2. The van der Waals surface area contributed by atoms with E-state index in [4.69, 9.17) is 15.2 Å². The first-order valence-electron chi connectivity index (χ1n) is 16.1. The van der Waals surface area contributed by atoms with Crippen LogP contribution in [0.2, 0.25) is 0 Å². The highest BCUT2D eigenvalue weighted by molar-refractivity contribution is 6.12. The molecule has 0 fully saturated rings. The summed E-state index contributed by atoms with van der Waals surface area (Å²) in [5.74, 6) is 1.03. The first kappa shape index (κ1) is 35.9. The van der Waals surface area contributed by atoms with E-state index in [1.807, 2.05) is 52.3 Å². The number of carbonyl (C=O) groups excluding carboxylic acids is 3. The van der Waals surface area contributed by atoms with E-state index in [9.17, 15) is 14.4 Å². The third-order valence-corrected chi connectivity index (χ3v) is 8.08. The van der Waals surface area contributed by atoms with Crippen LogP contribution in [0.4, 0.5) is 11.4 Å². The number of ether oxygens (including phenoxy) is 2. The molecule has 4 rings (SSSR count). The van der Waals surface area contributed by atoms with Crippen LogP contribution in [0.1, 0.15) is 57.8 Å². The first-order chi connectivity index (χ1) is 23.0. The van der Waals surface area contributed by atoms with E-state index in [0.29, 0.717) is 70.4 Å². The van der Waals surface area contributed by atoms with Gasteiger partial charge in [0.2, 0.25) is 5.91 Å². The van der Waals surface area contributed by atoms with Gasteiger partial charge in [0.1, 0.15) is 22.8 Å². The summed E-state index contributed by atoms with van der Waals surface area (Å²) in [4.78, 5) is 52.2. The maximum Gasteiger partial charge on any atom is 0.258 e. The van der Waals surface area contributed by atoms with Gasteiger partial charge in [0.15, 0.2) is 0 Å². The van der Waals surface area contributed by atoms with Gasteiger partial charge in [-0.3, -0.25) is 14.4 Å². The zero-order valence-corrected chi connectivity index (χ0v) is 28.8. The standard InChI is InChI=1S/C36H47N7O5/c1-24-14-17-29(31(21-24)48-20-9-7-8-13-33(44)42(4)19-18-41(2)3)43(5)36(46)25-15-16-27(30(22-25)47-6)39-35(45)26-11-10-12-28-34(26)40-32(23-37)38-28/h10-12,14-17,21-22H,7-9,13,18-20,23,37H2,1-6H3,(H,38,40)(H,39,45). The smallest absolute Gasteiger partial charge is 0.258 e. The minimum atomic E-state index is -0.370. The topological polar surface area (TPSA) is 146 Å². The molecule has 4 N–H and O–H groups in total. The number of para-hydroxylation sites is 1. The van der Waals surface area contributed by atoms with Crippen molar-refractivity contribution in [2.24, 2.45) is 5.73 Å². The fourth-order valence-electron chi connectivity index (χ4n) is 5.20. The maximum atomic E-state index is 13.7. The van der Waals surface area contributed by atoms with Gasteiger partial charge in [-0.15, -0.1) is 0 Å². The fraction of sp³-hybridized carbons (Fsp3) is 0.389. The number of hydrogen-bond acceptors (Lipinski definition) is 8. The molecule has 0 aliphatic heterocycles. The Kier molecular flexibility index (Phi) is 12.5. The van der Waals surface area contributed by atoms with Gasteiger partial charge in [-0.2, -0.15) is 0 Å². The first-order valence-corrected chi connectivity index (χ1v) is 16.1. The van der Waals surface area contributed by atoms with Crippen molar-refractivity contribution in [1.82, 2.24) is 19.8 Å². The van der Waals surface area contributed by atoms with Crippen molar-refractivity contribution in [3.8, 4) is 11.5 Å². The van der Waals surface area contributed by atoms with Gasteiger partial charge in [-0.25, -0.2) is 4.98 Å². The summed E-state index contributed by atoms with van der Waals surface area (Å²) in [7, 11) is 9.01. The van der Waals surface area contributed by atoms with Crippen molar-refractivity contribution in [1.29, 1.82) is 0 Å². The lowest BCUT2D eigenvalue weighted by Crippen LogP contribution is -2.33. The number of hydrogen-bond donors (Lipinski definition) is 3. The number of aromatic amines is 1. The number of amides is 3. The molecular weight excluding hydrogens is 610 g/mol. The molecule has 3 aromatic carbocycles. The number of nitrogens with one attached hydrogen (secondary N) is 2. The maximum absolute atomic E-state index is 13.7. The van der Waals surface area contributed by atoms with Gasteiger partial charge in [0.05, 0.1) is 42.7 Å². The second kappa shape index (κ2) is 16.8. The number of anilines is 2. The van der Waals surface area contributed by atoms with Crippen molar-refractivity contribution in [2.75, 3.05) is 65.2 Å². The Morgan fingerprint density at radius 1 is 0.938 bits per heavy atom. The number of nitrogens with zero attached hydrogens (tertiary/aromatic N) is 4. The van der Waals surface area contributed by atoms with E-state index in [1.165, 1.54) is 12.0 Å². The van der Waals surface area contributed by atoms with Crippen LogP contribution in [0.3, 0.4) is 0 Å². The molecule has 0 saturated carbocycles. The third-order valence-electron chi connectivity index (χ3n) is 8.08. The van der Waals surface area contributed by atoms with E-state index in [0.717, 1.165) is 31.4 Å². The summed E-state index contributed by atoms with van der Waals surface area (Å²) in [6, 6.07) is 15.9. The Balaban J connectivity index is 1.38. The molecule has 48 heavy (non-hydrogen) atoms. The molecule has 256 valence electrons. The van der Waals surface area contributed by atoms with Crippen molar-refractivity contribution < 1.29 is 23.9 Å². The number of fused-ring (bicyclic) bond motifs is 1. The van der Waals surface area contributed by atoms with Crippen LogP contribution in [0.15, 0.2) is 54.6 Å². The molecule has 0 radical (unpaired) electrons. The second-order valence-corrected chi connectivity index (χ2v) is 12.1.